The fourth-order valence-corrected chi connectivity index (χ4v) is 2.39. The van der Waals surface area contributed by atoms with Crippen molar-refractivity contribution in [2.45, 2.75) is 18.1 Å². The van der Waals surface area contributed by atoms with Crippen molar-refractivity contribution < 1.29 is 27.7 Å². The quantitative estimate of drug-likeness (QED) is 0.443. The van der Waals surface area contributed by atoms with Crippen LogP contribution in [0.15, 0.2) is 24.8 Å². The van der Waals surface area contributed by atoms with E-state index >= 15 is 0 Å². The highest BCUT2D eigenvalue weighted by atomic mass is 32.2. The zero-order valence-corrected chi connectivity index (χ0v) is 10.7. The first kappa shape index (κ1) is 16.3. The Morgan fingerprint density at radius 3 is 2.22 bits per heavy atom. The van der Waals surface area contributed by atoms with Crippen LogP contribution in [0.3, 0.4) is 0 Å². The van der Waals surface area contributed by atoms with E-state index in [4.69, 9.17) is 5.11 Å². The molecule has 1 amide bonds. The molecule has 3 N–H and O–H groups in total. The van der Waals surface area contributed by atoms with Gasteiger partial charge in [-0.3, -0.25) is 9.35 Å². The third kappa shape index (κ3) is 3.17. The summed E-state index contributed by atoms with van der Waals surface area (Å²) in [7, 11) is -4.75. The number of carbonyl (C=O) groups excluding carboxylic acids is 1. The lowest BCUT2D eigenvalue weighted by Crippen LogP contribution is -2.50. The molecule has 0 aliphatic carbocycles. The number of rotatable bonds is 7. The second-order valence-electron chi connectivity index (χ2n) is 3.53. The molecule has 0 heterocycles. The summed E-state index contributed by atoms with van der Waals surface area (Å²) in [5.41, 5.74) is -0.711. The van der Waals surface area contributed by atoms with E-state index in [-0.39, 0.29) is 6.42 Å². The van der Waals surface area contributed by atoms with Crippen molar-refractivity contribution in [1.29, 1.82) is 0 Å². The van der Waals surface area contributed by atoms with Gasteiger partial charge in [0, 0.05) is 6.54 Å². The number of amides is 1. The lowest BCUT2D eigenvalue weighted by atomic mass is 9.96. The van der Waals surface area contributed by atoms with Crippen LogP contribution in [0.5, 0.6) is 0 Å². The van der Waals surface area contributed by atoms with Gasteiger partial charge >= 0.3 is 5.97 Å². The summed E-state index contributed by atoms with van der Waals surface area (Å²) in [4.78, 5) is 21.9. The molecule has 0 rings (SSSR count). The van der Waals surface area contributed by atoms with E-state index in [2.05, 4.69) is 18.5 Å². The van der Waals surface area contributed by atoms with E-state index in [0.717, 1.165) is 6.08 Å². The van der Waals surface area contributed by atoms with Crippen LogP contribution >= 0.6 is 0 Å². The highest BCUT2D eigenvalue weighted by Crippen LogP contribution is 2.28. The van der Waals surface area contributed by atoms with Crippen LogP contribution < -0.4 is 5.32 Å². The molecule has 0 bridgehead atoms. The Bertz CT molecular complexity index is 481. The molecule has 0 saturated heterocycles. The van der Waals surface area contributed by atoms with Crippen LogP contribution in [0, 0.1) is 0 Å². The maximum Gasteiger partial charge on any atom is 0.332 e. The Hall–Kier alpha value is -1.67. The molecule has 0 spiro atoms. The molecule has 102 valence electrons. The average molecular weight is 277 g/mol. The van der Waals surface area contributed by atoms with Gasteiger partial charge in [0.15, 0.2) is 0 Å². The van der Waals surface area contributed by atoms with Crippen LogP contribution in [0.1, 0.15) is 13.3 Å². The predicted octanol–water partition coefficient (Wildman–Crippen LogP) is -0.0340. The maximum atomic E-state index is 11.4. The lowest BCUT2D eigenvalue weighted by molar-refractivity contribution is -0.133. The number of carboxylic acid groups (broad SMARTS) is 1. The highest BCUT2D eigenvalue weighted by Gasteiger charge is 2.47. The van der Waals surface area contributed by atoms with E-state index in [9.17, 15) is 22.6 Å². The zero-order chi connectivity index (χ0) is 14.6. The number of aliphatic carboxylic acids is 1. The molecule has 7 nitrogen and oxygen atoms in total. The van der Waals surface area contributed by atoms with Crippen LogP contribution in [-0.4, -0.2) is 41.2 Å². The molecule has 0 aromatic carbocycles. The summed E-state index contributed by atoms with van der Waals surface area (Å²) >= 11 is 0. The van der Waals surface area contributed by atoms with Crippen LogP contribution in [0.25, 0.3) is 0 Å². The number of carbonyl (C=O) groups is 2. The fraction of sp³-hybridized carbons (Fsp3) is 0.400. The maximum absolute atomic E-state index is 11.4. The van der Waals surface area contributed by atoms with Gasteiger partial charge < -0.3 is 10.4 Å². The highest BCUT2D eigenvalue weighted by molar-refractivity contribution is 7.87. The van der Waals surface area contributed by atoms with Gasteiger partial charge in [0.2, 0.25) is 5.91 Å². The monoisotopic (exact) mass is 277 g/mol. The molecule has 18 heavy (non-hydrogen) atoms. The van der Waals surface area contributed by atoms with E-state index in [1.165, 1.54) is 6.92 Å². The minimum atomic E-state index is -4.75. The van der Waals surface area contributed by atoms with Crippen molar-refractivity contribution in [3.05, 3.63) is 24.8 Å². The van der Waals surface area contributed by atoms with Gasteiger partial charge in [-0.15, -0.1) is 0 Å². The molecule has 0 aliphatic rings. The molecule has 0 aromatic heterocycles. The van der Waals surface area contributed by atoms with Crippen LogP contribution in [0.4, 0.5) is 0 Å². The topological polar surface area (TPSA) is 121 Å². The van der Waals surface area contributed by atoms with Gasteiger partial charge in [0.05, 0.1) is 5.57 Å². The second-order valence-corrected chi connectivity index (χ2v) is 5.26. The molecule has 0 saturated carbocycles. The molecule has 0 fully saturated rings. The molecule has 1 unspecified atom stereocenters. The van der Waals surface area contributed by atoms with Gasteiger partial charge in [-0.05, 0) is 12.5 Å². The SMILES string of the molecule is C=CC(=O)NCC(CC)(C(=C)C(=O)O)S(=O)(=O)O. The minimum Gasteiger partial charge on any atom is -0.478 e. The van der Waals surface area contributed by atoms with Gasteiger partial charge in [-0.2, -0.15) is 8.42 Å². The predicted molar refractivity (Wildman–Crippen MR) is 64.6 cm³/mol. The van der Waals surface area contributed by atoms with E-state index in [1.54, 1.807) is 0 Å². The summed E-state index contributed by atoms with van der Waals surface area (Å²) in [6.07, 6.45) is 0.641. The molecular weight excluding hydrogens is 262 g/mol. The first-order valence-corrected chi connectivity index (χ1v) is 6.36. The van der Waals surface area contributed by atoms with Crippen molar-refractivity contribution in [2.24, 2.45) is 0 Å². The van der Waals surface area contributed by atoms with E-state index in [0.29, 0.717) is 0 Å². The van der Waals surface area contributed by atoms with Gasteiger partial charge in [0.25, 0.3) is 10.1 Å². The van der Waals surface area contributed by atoms with Crippen molar-refractivity contribution >= 4 is 22.0 Å². The van der Waals surface area contributed by atoms with E-state index < -0.39 is 38.9 Å². The summed E-state index contributed by atoms with van der Waals surface area (Å²) in [5.74, 6) is -2.25. The Kier molecular flexibility index (Phi) is 5.25. The lowest BCUT2D eigenvalue weighted by Gasteiger charge is -2.29. The van der Waals surface area contributed by atoms with Crippen molar-refractivity contribution in [3.63, 3.8) is 0 Å². The smallest absolute Gasteiger partial charge is 0.332 e. The molecule has 1 atom stereocenters. The number of carboxylic acids is 1. The first-order valence-electron chi connectivity index (χ1n) is 4.92. The molecule has 0 aromatic rings. The zero-order valence-electron chi connectivity index (χ0n) is 9.84. The summed E-state index contributed by atoms with van der Waals surface area (Å²) < 4.78 is 29.8. The summed E-state index contributed by atoms with van der Waals surface area (Å²) in [6.45, 7) is 7.08. The number of hydrogen-bond acceptors (Lipinski definition) is 4. The van der Waals surface area contributed by atoms with Crippen LogP contribution in [0.2, 0.25) is 0 Å². The van der Waals surface area contributed by atoms with Crippen LogP contribution in [-0.2, 0) is 19.7 Å². The van der Waals surface area contributed by atoms with Crippen molar-refractivity contribution in [2.75, 3.05) is 6.54 Å². The summed E-state index contributed by atoms with van der Waals surface area (Å²) in [5, 5.41) is 11.0. The Morgan fingerprint density at radius 2 is 1.94 bits per heavy atom. The Balaban J connectivity index is 5.54. The molecule has 8 heteroatoms. The standard InChI is InChI=1S/C10H15NO6S/c1-4-8(12)11-6-10(5-2,18(15,16)17)7(3)9(13)14/h4H,1,3,5-6H2,2H3,(H,11,12)(H,13,14)(H,15,16,17). The molecular formula is C10H15NO6S. The number of hydrogen-bond donors (Lipinski definition) is 3. The van der Waals surface area contributed by atoms with Gasteiger partial charge in [-0.25, -0.2) is 4.79 Å². The Labute approximate surface area is 105 Å². The first-order chi connectivity index (χ1) is 8.12. The molecule has 0 aliphatic heterocycles. The molecule has 0 radical (unpaired) electrons. The van der Waals surface area contributed by atoms with Crippen molar-refractivity contribution in [3.8, 4) is 0 Å². The Morgan fingerprint density at radius 1 is 1.44 bits per heavy atom. The van der Waals surface area contributed by atoms with E-state index in [1.807, 2.05) is 0 Å². The largest absolute Gasteiger partial charge is 0.478 e. The third-order valence-corrected chi connectivity index (χ3v) is 4.27. The van der Waals surface area contributed by atoms with Gasteiger partial charge in [0.1, 0.15) is 4.75 Å². The fourth-order valence-electron chi connectivity index (χ4n) is 1.37. The minimum absolute atomic E-state index is 0.256. The summed E-state index contributed by atoms with van der Waals surface area (Å²) in [6, 6.07) is 0. The second kappa shape index (κ2) is 5.78. The normalized spacial score (nSPS) is 14.3. The third-order valence-electron chi connectivity index (χ3n) is 2.61. The average Bonchev–Trinajstić information content (AvgIpc) is 2.27. The van der Waals surface area contributed by atoms with Gasteiger partial charge in [-0.1, -0.05) is 20.1 Å². The van der Waals surface area contributed by atoms with Crippen molar-refractivity contribution in [1.82, 2.24) is 5.32 Å². The number of nitrogens with one attached hydrogen (secondary N) is 1.